The molecular weight excluding hydrogens is 146 g/mol. The number of nitrogens with zero attached hydrogens (tertiary/aromatic N) is 2. The third-order valence-electron chi connectivity index (χ3n) is 1.27. The second kappa shape index (κ2) is 2.79. The molecule has 54 valence electrons. The van der Waals surface area contributed by atoms with Crippen LogP contribution in [0.3, 0.4) is 0 Å². The van der Waals surface area contributed by atoms with E-state index in [0.717, 1.165) is 12.2 Å². The largest absolute Gasteiger partial charge is 0.388 e. The number of aromatic nitrogens is 2. The van der Waals surface area contributed by atoms with E-state index in [4.69, 9.17) is 18.0 Å². The molecule has 0 aliphatic rings. The third-order valence-corrected chi connectivity index (χ3v) is 1.48. The second-order valence-corrected chi connectivity index (χ2v) is 2.34. The average Bonchev–Trinajstić information content (AvgIpc) is 2.33. The maximum absolute atomic E-state index is 5.41. The molecule has 1 heterocycles. The van der Waals surface area contributed by atoms with Crippen molar-refractivity contribution in [3.8, 4) is 0 Å². The summed E-state index contributed by atoms with van der Waals surface area (Å²) in [5, 5.41) is 4.01. The van der Waals surface area contributed by atoms with Crippen molar-refractivity contribution >= 4 is 17.2 Å². The number of rotatable bonds is 2. The van der Waals surface area contributed by atoms with Crippen molar-refractivity contribution in [3.63, 3.8) is 0 Å². The number of aryl methyl sites for hydroxylation is 1. The van der Waals surface area contributed by atoms with E-state index < -0.39 is 0 Å². The van der Waals surface area contributed by atoms with E-state index in [1.54, 1.807) is 10.9 Å². The van der Waals surface area contributed by atoms with Gasteiger partial charge in [0.2, 0.25) is 0 Å². The fraction of sp³-hybridized carbons (Fsp3) is 0.333. The van der Waals surface area contributed by atoms with Crippen molar-refractivity contribution in [2.45, 2.75) is 13.5 Å². The fourth-order valence-corrected chi connectivity index (χ4v) is 0.967. The van der Waals surface area contributed by atoms with Gasteiger partial charge in [0.25, 0.3) is 0 Å². The van der Waals surface area contributed by atoms with E-state index in [9.17, 15) is 0 Å². The second-order valence-electron chi connectivity index (χ2n) is 1.90. The zero-order valence-corrected chi connectivity index (χ0v) is 6.56. The lowest BCUT2D eigenvalue weighted by atomic mass is 10.4. The van der Waals surface area contributed by atoms with Crippen LogP contribution < -0.4 is 5.73 Å². The van der Waals surface area contributed by atoms with Crippen molar-refractivity contribution in [1.82, 2.24) is 9.78 Å². The van der Waals surface area contributed by atoms with Crippen LogP contribution in [0.5, 0.6) is 0 Å². The number of thiocarbonyl (C=S) groups is 1. The van der Waals surface area contributed by atoms with Crippen molar-refractivity contribution < 1.29 is 0 Å². The quantitative estimate of drug-likeness (QED) is 0.634. The highest BCUT2D eigenvalue weighted by Crippen LogP contribution is 1.96. The maximum Gasteiger partial charge on any atom is 0.122 e. The SMILES string of the molecule is CCn1nccc1C(N)=S. The van der Waals surface area contributed by atoms with Crippen LogP contribution in [-0.4, -0.2) is 14.8 Å². The Hall–Kier alpha value is -0.900. The van der Waals surface area contributed by atoms with Gasteiger partial charge in [-0.1, -0.05) is 12.2 Å². The smallest absolute Gasteiger partial charge is 0.122 e. The molecule has 0 aromatic carbocycles. The Morgan fingerprint density at radius 2 is 2.60 bits per heavy atom. The molecule has 0 spiro atoms. The predicted octanol–water partition coefficient (Wildman–Crippen LogP) is 0.537. The van der Waals surface area contributed by atoms with Gasteiger partial charge in [0, 0.05) is 12.7 Å². The lowest BCUT2D eigenvalue weighted by molar-refractivity contribution is 0.654. The Morgan fingerprint density at radius 1 is 1.90 bits per heavy atom. The minimum Gasteiger partial charge on any atom is -0.388 e. The summed E-state index contributed by atoms with van der Waals surface area (Å²) < 4.78 is 1.77. The van der Waals surface area contributed by atoms with Crippen LogP contribution in [-0.2, 0) is 6.54 Å². The van der Waals surface area contributed by atoms with Crippen LogP contribution in [0.1, 0.15) is 12.6 Å². The molecule has 0 aliphatic heterocycles. The van der Waals surface area contributed by atoms with Crippen molar-refractivity contribution in [2.24, 2.45) is 5.73 Å². The number of hydrogen-bond acceptors (Lipinski definition) is 2. The summed E-state index contributed by atoms with van der Waals surface area (Å²) in [6.07, 6.45) is 1.69. The van der Waals surface area contributed by atoms with Crippen molar-refractivity contribution in [1.29, 1.82) is 0 Å². The molecule has 3 nitrogen and oxygen atoms in total. The molecule has 0 fully saturated rings. The third kappa shape index (κ3) is 1.16. The van der Waals surface area contributed by atoms with Gasteiger partial charge in [-0.05, 0) is 13.0 Å². The molecule has 0 saturated heterocycles. The van der Waals surface area contributed by atoms with Crippen LogP contribution in [0.2, 0.25) is 0 Å². The predicted molar refractivity (Wildman–Crippen MR) is 43.8 cm³/mol. The van der Waals surface area contributed by atoms with Gasteiger partial charge in [0.1, 0.15) is 4.99 Å². The van der Waals surface area contributed by atoms with E-state index in [0.29, 0.717) is 4.99 Å². The van der Waals surface area contributed by atoms with Crippen LogP contribution in [0.4, 0.5) is 0 Å². The molecule has 1 rings (SSSR count). The highest BCUT2D eigenvalue weighted by molar-refractivity contribution is 7.80. The Balaban J connectivity index is 3.01. The Kier molecular flexibility index (Phi) is 2.01. The van der Waals surface area contributed by atoms with Crippen LogP contribution >= 0.6 is 12.2 Å². The maximum atomic E-state index is 5.41. The molecular formula is C6H9N3S. The van der Waals surface area contributed by atoms with Crippen molar-refractivity contribution in [2.75, 3.05) is 0 Å². The van der Waals surface area contributed by atoms with Gasteiger partial charge in [-0.2, -0.15) is 5.10 Å². The minimum atomic E-state index is 0.402. The first-order valence-corrected chi connectivity index (χ1v) is 3.48. The highest BCUT2D eigenvalue weighted by atomic mass is 32.1. The molecule has 0 saturated carbocycles. The Morgan fingerprint density at radius 3 is 3.00 bits per heavy atom. The van der Waals surface area contributed by atoms with Gasteiger partial charge in [0.15, 0.2) is 0 Å². The van der Waals surface area contributed by atoms with Crippen molar-refractivity contribution in [3.05, 3.63) is 18.0 Å². The summed E-state index contributed by atoms with van der Waals surface area (Å²) in [7, 11) is 0. The summed E-state index contributed by atoms with van der Waals surface area (Å²) in [6, 6.07) is 1.81. The summed E-state index contributed by atoms with van der Waals surface area (Å²) in [6.45, 7) is 2.80. The molecule has 2 N–H and O–H groups in total. The monoisotopic (exact) mass is 155 g/mol. The van der Waals surface area contributed by atoms with Gasteiger partial charge < -0.3 is 5.73 Å². The minimum absolute atomic E-state index is 0.402. The molecule has 0 aliphatic carbocycles. The fourth-order valence-electron chi connectivity index (χ4n) is 0.794. The first kappa shape index (κ1) is 7.21. The number of hydrogen-bond donors (Lipinski definition) is 1. The highest BCUT2D eigenvalue weighted by Gasteiger charge is 2.00. The topological polar surface area (TPSA) is 43.8 Å². The van der Waals surface area contributed by atoms with Gasteiger partial charge in [-0.3, -0.25) is 4.68 Å². The zero-order valence-electron chi connectivity index (χ0n) is 5.74. The lowest BCUT2D eigenvalue weighted by Gasteiger charge is -1.99. The molecule has 1 aromatic heterocycles. The molecule has 10 heavy (non-hydrogen) atoms. The average molecular weight is 155 g/mol. The summed E-state index contributed by atoms with van der Waals surface area (Å²) in [4.78, 5) is 0.402. The summed E-state index contributed by atoms with van der Waals surface area (Å²) >= 11 is 4.79. The molecule has 0 unspecified atom stereocenters. The van der Waals surface area contributed by atoms with E-state index in [1.165, 1.54) is 0 Å². The van der Waals surface area contributed by atoms with Crippen LogP contribution in [0, 0.1) is 0 Å². The van der Waals surface area contributed by atoms with Crippen LogP contribution in [0.25, 0.3) is 0 Å². The zero-order chi connectivity index (χ0) is 7.56. The lowest BCUT2D eigenvalue weighted by Crippen LogP contribution is -2.15. The van der Waals surface area contributed by atoms with Gasteiger partial charge in [-0.15, -0.1) is 0 Å². The number of nitrogens with two attached hydrogens (primary N) is 1. The molecule has 0 amide bonds. The molecule has 0 atom stereocenters. The van der Waals surface area contributed by atoms with E-state index in [-0.39, 0.29) is 0 Å². The van der Waals surface area contributed by atoms with E-state index in [2.05, 4.69) is 5.10 Å². The molecule has 0 radical (unpaired) electrons. The summed E-state index contributed by atoms with van der Waals surface area (Å²) in [5.74, 6) is 0. The first-order chi connectivity index (χ1) is 4.75. The Labute approximate surface area is 64.8 Å². The first-order valence-electron chi connectivity index (χ1n) is 3.07. The standard InChI is InChI=1S/C6H9N3S/c1-2-9-5(6(7)10)3-4-8-9/h3-4H,2H2,1H3,(H2,7,10). The van der Waals surface area contributed by atoms with E-state index >= 15 is 0 Å². The van der Waals surface area contributed by atoms with E-state index in [1.807, 2.05) is 13.0 Å². The van der Waals surface area contributed by atoms with Gasteiger partial charge >= 0.3 is 0 Å². The summed E-state index contributed by atoms with van der Waals surface area (Å²) in [5.41, 5.74) is 6.24. The van der Waals surface area contributed by atoms with Crippen LogP contribution in [0.15, 0.2) is 12.3 Å². The molecule has 4 heteroatoms. The molecule has 1 aromatic rings. The van der Waals surface area contributed by atoms with Gasteiger partial charge in [-0.25, -0.2) is 0 Å². The Bertz CT molecular complexity index is 241. The van der Waals surface area contributed by atoms with Gasteiger partial charge in [0.05, 0.1) is 5.69 Å². The molecule has 0 bridgehead atoms. The normalized spacial score (nSPS) is 9.70.